The Labute approximate surface area is 171 Å². The molecule has 0 aliphatic heterocycles. The van der Waals surface area contributed by atoms with Crippen LogP contribution in [-0.4, -0.2) is 39.9 Å². The molecule has 0 radical (unpaired) electrons. The second kappa shape index (κ2) is 8.98. The van der Waals surface area contributed by atoms with Gasteiger partial charge in [0, 0.05) is 6.07 Å². The number of ether oxygens (including phenoxy) is 1. The number of benzene rings is 1. The number of nitrogens with zero attached hydrogens (tertiary/aromatic N) is 4. The number of rotatable bonds is 5. The average Bonchev–Trinajstić information content (AvgIpc) is 3.03. The molecular formula is C19H17ClN6O3. The second-order valence-corrected chi connectivity index (χ2v) is 6.14. The maximum absolute atomic E-state index is 11.9. The number of carbonyl (C=O) groups is 2. The van der Waals surface area contributed by atoms with Gasteiger partial charge in [0.15, 0.2) is 0 Å². The number of hydrazone groups is 1. The third-order valence-corrected chi connectivity index (χ3v) is 4.18. The topological polar surface area (TPSA) is 110 Å². The van der Waals surface area contributed by atoms with E-state index in [1.807, 2.05) is 30.3 Å². The molecule has 9 nitrogen and oxygen atoms in total. The Kier molecular flexibility index (Phi) is 6.20. The Hall–Kier alpha value is -3.72. The van der Waals surface area contributed by atoms with E-state index in [0.717, 1.165) is 5.69 Å². The lowest BCUT2D eigenvalue weighted by Crippen LogP contribution is -2.32. The molecule has 0 fully saturated rings. The summed E-state index contributed by atoms with van der Waals surface area (Å²) in [5.74, 6) is -1.45. The summed E-state index contributed by atoms with van der Waals surface area (Å²) >= 11 is 6.37. The highest BCUT2D eigenvalue weighted by atomic mass is 35.5. The number of para-hydroxylation sites is 1. The summed E-state index contributed by atoms with van der Waals surface area (Å²) in [5, 5.41) is 10.9. The molecule has 3 aromatic rings. The van der Waals surface area contributed by atoms with Crippen molar-refractivity contribution >= 4 is 35.3 Å². The first-order valence-electron chi connectivity index (χ1n) is 8.44. The quantitative estimate of drug-likeness (QED) is 0.379. The van der Waals surface area contributed by atoms with Crippen LogP contribution in [0.2, 0.25) is 5.15 Å². The van der Waals surface area contributed by atoms with E-state index in [4.69, 9.17) is 16.3 Å². The normalized spacial score (nSPS) is 10.7. The van der Waals surface area contributed by atoms with Gasteiger partial charge in [0.2, 0.25) is 5.88 Å². The maximum Gasteiger partial charge on any atom is 0.329 e. The van der Waals surface area contributed by atoms with Crippen LogP contribution in [0.25, 0.3) is 5.69 Å². The molecule has 10 heteroatoms. The minimum Gasteiger partial charge on any atom is -0.481 e. The molecule has 0 atom stereocenters. The zero-order valence-electron chi connectivity index (χ0n) is 15.6. The van der Waals surface area contributed by atoms with Gasteiger partial charge in [-0.3, -0.25) is 9.59 Å². The van der Waals surface area contributed by atoms with Gasteiger partial charge >= 0.3 is 11.8 Å². The molecule has 148 valence electrons. The van der Waals surface area contributed by atoms with Gasteiger partial charge in [-0.1, -0.05) is 29.8 Å². The number of carbonyl (C=O) groups excluding carboxylic acids is 2. The molecule has 29 heavy (non-hydrogen) atoms. The Morgan fingerprint density at radius 3 is 2.59 bits per heavy atom. The monoisotopic (exact) mass is 412 g/mol. The number of aromatic nitrogens is 3. The number of nitrogens with one attached hydrogen (secondary N) is 2. The van der Waals surface area contributed by atoms with Crippen LogP contribution in [0.1, 0.15) is 11.3 Å². The first kappa shape index (κ1) is 20.0. The van der Waals surface area contributed by atoms with Crippen LogP contribution in [0.4, 0.5) is 5.69 Å². The van der Waals surface area contributed by atoms with Crippen LogP contribution in [0.3, 0.4) is 0 Å². The van der Waals surface area contributed by atoms with Crippen molar-refractivity contribution in [1.82, 2.24) is 20.2 Å². The number of methoxy groups -OCH3 is 1. The summed E-state index contributed by atoms with van der Waals surface area (Å²) in [6, 6.07) is 12.5. The lowest BCUT2D eigenvalue weighted by molar-refractivity contribution is -0.136. The van der Waals surface area contributed by atoms with Gasteiger partial charge in [-0.05, 0) is 25.1 Å². The van der Waals surface area contributed by atoms with E-state index in [-0.39, 0.29) is 0 Å². The largest absolute Gasteiger partial charge is 0.481 e. The Bertz CT molecular complexity index is 1050. The van der Waals surface area contributed by atoms with Crippen molar-refractivity contribution in [2.45, 2.75) is 6.92 Å². The lowest BCUT2D eigenvalue weighted by Gasteiger charge is -2.04. The van der Waals surface area contributed by atoms with Gasteiger partial charge in [-0.25, -0.2) is 15.1 Å². The average molecular weight is 413 g/mol. The molecule has 0 spiro atoms. The highest BCUT2D eigenvalue weighted by Gasteiger charge is 2.15. The maximum atomic E-state index is 11.9. The molecular weight excluding hydrogens is 396 g/mol. The predicted octanol–water partition coefficient (Wildman–Crippen LogP) is 2.33. The number of aryl methyl sites for hydroxylation is 1. The fraction of sp³-hybridized carbons (Fsp3) is 0.105. The van der Waals surface area contributed by atoms with Crippen molar-refractivity contribution in [3.8, 4) is 11.6 Å². The molecule has 0 aliphatic rings. The SMILES string of the molecule is COc1ccc(NC(=O)C(=O)NN=Cc2c(C)nn(-c3ccccc3)c2Cl)cn1. The smallest absolute Gasteiger partial charge is 0.329 e. The van der Waals surface area contributed by atoms with E-state index in [2.05, 4.69) is 25.9 Å². The van der Waals surface area contributed by atoms with Crippen LogP contribution in [0, 0.1) is 6.92 Å². The van der Waals surface area contributed by atoms with Crippen LogP contribution in [-0.2, 0) is 9.59 Å². The zero-order chi connectivity index (χ0) is 20.8. The zero-order valence-corrected chi connectivity index (χ0v) is 16.3. The molecule has 1 aromatic carbocycles. The third-order valence-electron chi connectivity index (χ3n) is 3.82. The summed E-state index contributed by atoms with van der Waals surface area (Å²) in [7, 11) is 1.48. The van der Waals surface area contributed by atoms with Crippen LogP contribution < -0.4 is 15.5 Å². The molecule has 0 saturated carbocycles. The number of anilines is 1. The lowest BCUT2D eigenvalue weighted by atomic mass is 10.3. The molecule has 3 rings (SSSR count). The van der Waals surface area contributed by atoms with Gasteiger partial charge in [0.05, 0.1) is 42.2 Å². The second-order valence-electron chi connectivity index (χ2n) is 5.78. The summed E-state index contributed by atoms with van der Waals surface area (Å²) in [6.07, 6.45) is 2.71. The number of halogens is 1. The van der Waals surface area contributed by atoms with Gasteiger partial charge in [0.1, 0.15) is 5.15 Å². The summed E-state index contributed by atoms with van der Waals surface area (Å²) < 4.78 is 6.49. The van der Waals surface area contributed by atoms with Crippen molar-refractivity contribution < 1.29 is 14.3 Å². The molecule has 0 saturated heterocycles. The van der Waals surface area contributed by atoms with Crippen molar-refractivity contribution in [3.05, 3.63) is 65.1 Å². The van der Waals surface area contributed by atoms with Gasteiger partial charge in [-0.15, -0.1) is 0 Å². The molecule has 0 unspecified atom stereocenters. The molecule has 2 heterocycles. The fourth-order valence-electron chi connectivity index (χ4n) is 2.37. The molecule has 2 aromatic heterocycles. The van der Waals surface area contributed by atoms with Crippen molar-refractivity contribution in [3.63, 3.8) is 0 Å². The van der Waals surface area contributed by atoms with Crippen molar-refractivity contribution in [1.29, 1.82) is 0 Å². The Morgan fingerprint density at radius 2 is 1.93 bits per heavy atom. The molecule has 2 N–H and O–H groups in total. The minimum absolute atomic E-state index is 0.334. The number of hydrogen-bond acceptors (Lipinski definition) is 6. The van der Waals surface area contributed by atoms with Crippen LogP contribution in [0.5, 0.6) is 5.88 Å². The summed E-state index contributed by atoms with van der Waals surface area (Å²) in [4.78, 5) is 27.8. The van der Waals surface area contributed by atoms with Gasteiger partial charge < -0.3 is 10.1 Å². The van der Waals surface area contributed by atoms with Crippen LogP contribution in [0.15, 0.2) is 53.8 Å². The highest BCUT2D eigenvalue weighted by Crippen LogP contribution is 2.21. The van der Waals surface area contributed by atoms with Crippen molar-refractivity contribution in [2.24, 2.45) is 5.10 Å². The number of hydrogen-bond donors (Lipinski definition) is 2. The van der Waals surface area contributed by atoms with E-state index in [0.29, 0.717) is 28.0 Å². The highest BCUT2D eigenvalue weighted by molar-refractivity contribution is 6.39. The summed E-state index contributed by atoms with van der Waals surface area (Å²) in [6.45, 7) is 1.76. The van der Waals surface area contributed by atoms with E-state index in [1.165, 1.54) is 19.5 Å². The van der Waals surface area contributed by atoms with Gasteiger partial charge in [-0.2, -0.15) is 10.2 Å². The first-order chi connectivity index (χ1) is 14.0. The van der Waals surface area contributed by atoms with E-state index < -0.39 is 11.8 Å². The fourth-order valence-corrected chi connectivity index (χ4v) is 2.69. The van der Waals surface area contributed by atoms with E-state index in [9.17, 15) is 9.59 Å². The van der Waals surface area contributed by atoms with E-state index in [1.54, 1.807) is 23.7 Å². The first-order valence-corrected chi connectivity index (χ1v) is 8.82. The minimum atomic E-state index is -0.943. The molecule has 0 aliphatic carbocycles. The van der Waals surface area contributed by atoms with E-state index >= 15 is 0 Å². The standard InChI is InChI=1S/C19H17ClN6O3/c1-12-15(17(20)26(25-12)14-6-4-3-5-7-14)11-22-24-19(28)18(27)23-13-8-9-16(29-2)21-10-13/h3-11H,1-2H3,(H,23,27)(H,24,28). The number of amides is 2. The predicted molar refractivity (Wildman–Crippen MR) is 108 cm³/mol. The summed E-state index contributed by atoms with van der Waals surface area (Å²) in [5.41, 5.74) is 4.43. The number of pyridine rings is 1. The van der Waals surface area contributed by atoms with Crippen LogP contribution >= 0.6 is 11.6 Å². The Balaban J connectivity index is 1.64. The Morgan fingerprint density at radius 1 is 1.17 bits per heavy atom. The third kappa shape index (κ3) is 4.77. The van der Waals surface area contributed by atoms with Gasteiger partial charge in [0.25, 0.3) is 0 Å². The molecule has 2 amide bonds. The molecule has 0 bridgehead atoms. The van der Waals surface area contributed by atoms with Crippen molar-refractivity contribution in [2.75, 3.05) is 12.4 Å².